The molecule has 1 fully saturated rings. The summed E-state index contributed by atoms with van der Waals surface area (Å²) in [6.07, 6.45) is 0. The number of benzene rings is 1. The molecule has 116 valence electrons. The first-order valence-electron chi connectivity index (χ1n) is 7.32. The molecule has 1 amide bonds. The zero-order valence-electron chi connectivity index (χ0n) is 13.3. The minimum Gasteiger partial charge on any atom is -0.493 e. The molecule has 0 radical (unpaired) electrons. The third kappa shape index (κ3) is 3.47. The third-order valence-corrected chi connectivity index (χ3v) is 3.96. The minimum absolute atomic E-state index is 0.0550. The Hall–Kier alpha value is -1.75. The molecule has 0 unspecified atom stereocenters. The maximum absolute atomic E-state index is 12.6. The zero-order valence-corrected chi connectivity index (χ0v) is 13.3. The van der Waals surface area contributed by atoms with E-state index < -0.39 is 0 Å². The van der Waals surface area contributed by atoms with Crippen LogP contribution in [0.15, 0.2) is 18.2 Å². The molecule has 0 spiro atoms. The molecule has 1 saturated heterocycles. The lowest BCUT2D eigenvalue weighted by Crippen LogP contribution is -2.50. The highest BCUT2D eigenvalue weighted by Crippen LogP contribution is 2.28. The second kappa shape index (κ2) is 6.80. The Bertz CT molecular complexity index is 494. The van der Waals surface area contributed by atoms with E-state index in [-0.39, 0.29) is 5.91 Å². The third-order valence-electron chi connectivity index (χ3n) is 3.96. The highest BCUT2D eigenvalue weighted by Gasteiger charge is 2.23. The van der Waals surface area contributed by atoms with Gasteiger partial charge < -0.3 is 14.4 Å². The van der Waals surface area contributed by atoms with Gasteiger partial charge in [-0.05, 0) is 32.0 Å². The highest BCUT2D eigenvalue weighted by atomic mass is 16.5. The van der Waals surface area contributed by atoms with Crippen LogP contribution in [0.2, 0.25) is 0 Å². The molecule has 0 aromatic heterocycles. The molecule has 0 aliphatic carbocycles. The van der Waals surface area contributed by atoms with Crippen molar-refractivity contribution in [3.63, 3.8) is 0 Å². The maximum Gasteiger partial charge on any atom is 0.254 e. The molecule has 1 aliphatic heterocycles. The molecule has 0 atom stereocenters. The number of hydrogen-bond donors (Lipinski definition) is 0. The van der Waals surface area contributed by atoms with Crippen molar-refractivity contribution in [3.8, 4) is 11.5 Å². The summed E-state index contributed by atoms with van der Waals surface area (Å²) in [5.74, 6) is 1.28. The Labute approximate surface area is 126 Å². The summed E-state index contributed by atoms with van der Waals surface area (Å²) in [5, 5.41) is 0. The van der Waals surface area contributed by atoms with Crippen LogP contribution in [0.5, 0.6) is 11.5 Å². The predicted molar refractivity (Wildman–Crippen MR) is 82.2 cm³/mol. The smallest absolute Gasteiger partial charge is 0.254 e. The van der Waals surface area contributed by atoms with Gasteiger partial charge in [0.2, 0.25) is 0 Å². The standard InChI is InChI=1S/C16H24N2O3/c1-12(2)17-7-9-18(10-8-17)16(19)13-5-6-14(20-3)15(11-13)21-4/h5-6,11-12H,7-10H2,1-4H3. The van der Waals surface area contributed by atoms with Crippen LogP contribution >= 0.6 is 0 Å². The topological polar surface area (TPSA) is 42.0 Å². The van der Waals surface area contributed by atoms with E-state index in [1.165, 1.54) is 0 Å². The molecular formula is C16H24N2O3. The summed E-state index contributed by atoms with van der Waals surface area (Å²) in [6.45, 7) is 7.77. The normalized spacial score (nSPS) is 16.1. The van der Waals surface area contributed by atoms with Crippen LogP contribution in [0.1, 0.15) is 24.2 Å². The fourth-order valence-corrected chi connectivity index (χ4v) is 2.59. The van der Waals surface area contributed by atoms with E-state index in [0.29, 0.717) is 23.1 Å². The van der Waals surface area contributed by atoms with Gasteiger partial charge in [-0.15, -0.1) is 0 Å². The molecule has 1 aromatic rings. The highest BCUT2D eigenvalue weighted by molar-refractivity contribution is 5.95. The molecule has 0 N–H and O–H groups in total. The van der Waals surface area contributed by atoms with Gasteiger partial charge in [-0.3, -0.25) is 9.69 Å². The molecule has 21 heavy (non-hydrogen) atoms. The number of piperazine rings is 1. The SMILES string of the molecule is COc1ccc(C(=O)N2CCN(C(C)C)CC2)cc1OC. The van der Waals surface area contributed by atoms with E-state index in [0.717, 1.165) is 26.2 Å². The van der Waals surface area contributed by atoms with Gasteiger partial charge in [-0.25, -0.2) is 0 Å². The predicted octanol–water partition coefficient (Wildman–Crippen LogP) is 1.87. The molecular weight excluding hydrogens is 268 g/mol. The maximum atomic E-state index is 12.6. The Morgan fingerprint density at radius 1 is 1.05 bits per heavy atom. The van der Waals surface area contributed by atoms with Gasteiger partial charge in [-0.1, -0.05) is 0 Å². The van der Waals surface area contributed by atoms with Crippen LogP contribution in [-0.4, -0.2) is 62.1 Å². The number of ether oxygens (including phenoxy) is 2. The van der Waals surface area contributed by atoms with Crippen LogP contribution in [-0.2, 0) is 0 Å². The lowest BCUT2D eigenvalue weighted by molar-refractivity contribution is 0.0595. The van der Waals surface area contributed by atoms with E-state index in [4.69, 9.17) is 9.47 Å². The number of hydrogen-bond acceptors (Lipinski definition) is 4. The van der Waals surface area contributed by atoms with Crippen LogP contribution in [0.4, 0.5) is 0 Å². The lowest BCUT2D eigenvalue weighted by Gasteiger charge is -2.37. The first-order chi connectivity index (χ1) is 10.1. The van der Waals surface area contributed by atoms with Gasteiger partial charge in [0.15, 0.2) is 11.5 Å². The van der Waals surface area contributed by atoms with E-state index in [1.807, 2.05) is 4.90 Å². The zero-order chi connectivity index (χ0) is 15.4. The molecule has 1 heterocycles. The van der Waals surface area contributed by atoms with Gasteiger partial charge in [0, 0.05) is 37.8 Å². The first-order valence-corrected chi connectivity index (χ1v) is 7.32. The molecule has 1 aromatic carbocycles. The summed E-state index contributed by atoms with van der Waals surface area (Å²) in [5.41, 5.74) is 0.644. The van der Waals surface area contributed by atoms with Crippen molar-refractivity contribution >= 4 is 5.91 Å². The van der Waals surface area contributed by atoms with Gasteiger partial charge >= 0.3 is 0 Å². The molecule has 2 rings (SSSR count). The Balaban J connectivity index is 2.07. The number of methoxy groups -OCH3 is 2. The van der Waals surface area contributed by atoms with Crippen molar-refractivity contribution in [2.75, 3.05) is 40.4 Å². The fraction of sp³-hybridized carbons (Fsp3) is 0.562. The van der Waals surface area contributed by atoms with E-state index in [9.17, 15) is 4.79 Å². The van der Waals surface area contributed by atoms with Crippen LogP contribution in [0, 0.1) is 0 Å². The van der Waals surface area contributed by atoms with Crippen molar-refractivity contribution in [1.82, 2.24) is 9.80 Å². The first kappa shape index (κ1) is 15.6. The second-order valence-corrected chi connectivity index (χ2v) is 5.49. The summed E-state index contributed by atoms with van der Waals surface area (Å²) < 4.78 is 10.5. The Kier molecular flexibility index (Phi) is 5.07. The number of nitrogens with zero attached hydrogens (tertiary/aromatic N) is 2. The second-order valence-electron chi connectivity index (χ2n) is 5.49. The molecule has 1 aliphatic rings. The van der Waals surface area contributed by atoms with Crippen LogP contribution in [0.25, 0.3) is 0 Å². The van der Waals surface area contributed by atoms with Crippen LogP contribution in [0.3, 0.4) is 0 Å². The number of carbonyl (C=O) groups excluding carboxylic acids is 1. The van der Waals surface area contributed by atoms with Crippen LogP contribution < -0.4 is 9.47 Å². The van der Waals surface area contributed by atoms with Gasteiger partial charge in [0.1, 0.15) is 0 Å². The number of carbonyl (C=O) groups is 1. The van der Waals surface area contributed by atoms with Gasteiger partial charge in [0.25, 0.3) is 5.91 Å². The van der Waals surface area contributed by atoms with Crippen molar-refractivity contribution in [3.05, 3.63) is 23.8 Å². The summed E-state index contributed by atoms with van der Waals surface area (Å²) in [7, 11) is 3.16. The minimum atomic E-state index is 0.0550. The number of amides is 1. The van der Waals surface area contributed by atoms with E-state index in [1.54, 1.807) is 32.4 Å². The molecule has 0 saturated carbocycles. The Morgan fingerprint density at radius 2 is 1.67 bits per heavy atom. The van der Waals surface area contributed by atoms with Crippen molar-refractivity contribution in [1.29, 1.82) is 0 Å². The Morgan fingerprint density at radius 3 is 2.19 bits per heavy atom. The van der Waals surface area contributed by atoms with E-state index in [2.05, 4.69) is 18.7 Å². The summed E-state index contributed by atoms with van der Waals surface area (Å²) in [6, 6.07) is 5.84. The average molecular weight is 292 g/mol. The molecule has 5 nitrogen and oxygen atoms in total. The fourth-order valence-electron chi connectivity index (χ4n) is 2.59. The lowest BCUT2D eigenvalue weighted by atomic mass is 10.1. The van der Waals surface area contributed by atoms with Gasteiger partial charge in [0.05, 0.1) is 14.2 Å². The average Bonchev–Trinajstić information content (AvgIpc) is 2.53. The largest absolute Gasteiger partial charge is 0.493 e. The molecule has 0 bridgehead atoms. The summed E-state index contributed by atoms with van der Waals surface area (Å²) >= 11 is 0. The number of rotatable bonds is 4. The van der Waals surface area contributed by atoms with Crippen molar-refractivity contribution in [2.45, 2.75) is 19.9 Å². The van der Waals surface area contributed by atoms with Crippen molar-refractivity contribution < 1.29 is 14.3 Å². The van der Waals surface area contributed by atoms with Gasteiger partial charge in [-0.2, -0.15) is 0 Å². The quantitative estimate of drug-likeness (QED) is 0.849. The summed E-state index contributed by atoms with van der Waals surface area (Å²) in [4.78, 5) is 16.8. The van der Waals surface area contributed by atoms with E-state index >= 15 is 0 Å². The van der Waals surface area contributed by atoms with Crippen molar-refractivity contribution in [2.24, 2.45) is 0 Å². The monoisotopic (exact) mass is 292 g/mol. The molecule has 5 heteroatoms.